The lowest BCUT2D eigenvalue weighted by Gasteiger charge is -2.17. The molecule has 0 unspecified atom stereocenters. The summed E-state index contributed by atoms with van der Waals surface area (Å²) in [4.78, 5) is 22.8. The molecule has 1 aromatic carbocycles. The molecule has 0 aliphatic carbocycles. The maximum atomic E-state index is 10.7. The Morgan fingerprint density at radius 1 is 1.10 bits per heavy atom. The Kier molecular flexibility index (Phi) is 5.14. The highest BCUT2D eigenvalue weighted by molar-refractivity contribution is 6.26. The van der Waals surface area contributed by atoms with E-state index in [-0.39, 0.29) is 13.1 Å². The highest BCUT2D eigenvalue weighted by Gasteiger charge is 2.23. The van der Waals surface area contributed by atoms with Gasteiger partial charge in [-0.3, -0.25) is 14.5 Å². The minimum Gasteiger partial charge on any atom is -0.499 e. The van der Waals surface area contributed by atoms with Gasteiger partial charge in [-0.25, -0.2) is 0 Å². The van der Waals surface area contributed by atoms with Crippen LogP contribution in [-0.2, 0) is 23.6 Å². The lowest BCUT2D eigenvalue weighted by atomic mass is 10.2. The van der Waals surface area contributed by atoms with Gasteiger partial charge in [0, 0.05) is 0 Å². The Morgan fingerprint density at radius 3 is 2.15 bits per heavy atom. The van der Waals surface area contributed by atoms with E-state index in [1.807, 2.05) is 18.2 Å². The third-order valence-corrected chi connectivity index (χ3v) is 2.66. The molecule has 0 aromatic heterocycles. The first-order valence-corrected chi connectivity index (χ1v) is 6.21. The molecule has 1 radical (unpaired) electrons. The molecule has 6 nitrogen and oxygen atoms in total. The van der Waals surface area contributed by atoms with E-state index in [1.165, 1.54) is 10.5 Å². The van der Waals surface area contributed by atoms with Crippen LogP contribution in [0.4, 0.5) is 0 Å². The molecular weight excluding hydrogens is 261 g/mol. The third-order valence-electron chi connectivity index (χ3n) is 2.66. The summed E-state index contributed by atoms with van der Waals surface area (Å²) in [7, 11) is 2.39. The highest BCUT2D eigenvalue weighted by Crippen LogP contribution is 2.28. The molecule has 0 bridgehead atoms. The first kappa shape index (κ1) is 14.6. The first-order chi connectivity index (χ1) is 9.65. The Hall–Kier alpha value is -1.86. The van der Waals surface area contributed by atoms with E-state index in [0.29, 0.717) is 6.10 Å². The summed E-state index contributed by atoms with van der Waals surface area (Å²) in [6.45, 7) is 1.11. The van der Waals surface area contributed by atoms with Gasteiger partial charge in [0.25, 0.3) is 0 Å². The molecular formula is C13H15BNO5. The topological polar surface area (TPSA) is 68.4 Å². The van der Waals surface area contributed by atoms with Gasteiger partial charge in [0.15, 0.2) is 0 Å². The smallest absolute Gasteiger partial charge is 0.499 e. The molecule has 2 heterocycles. The summed E-state index contributed by atoms with van der Waals surface area (Å²) in [6, 6.07) is 10.3. The van der Waals surface area contributed by atoms with Crippen molar-refractivity contribution in [3.63, 3.8) is 0 Å². The molecule has 1 atom stereocenters. The Balaban J connectivity index is 0.000000149. The number of likely N-dealkylation sites (N-methyl/N-ethyl adjacent to an activating group) is 1. The molecule has 0 amide bonds. The molecule has 1 aromatic rings. The number of rotatable bonds is 1. The van der Waals surface area contributed by atoms with Crippen molar-refractivity contribution in [2.45, 2.75) is 6.10 Å². The minimum absolute atomic E-state index is 0.103. The molecule has 0 saturated carbocycles. The van der Waals surface area contributed by atoms with E-state index in [4.69, 9.17) is 4.74 Å². The fourth-order valence-electron chi connectivity index (χ4n) is 1.61. The van der Waals surface area contributed by atoms with Crippen molar-refractivity contribution in [3.8, 4) is 0 Å². The second-order valence-electron chi connectivity index (χ2n) is 4.48. The van der Waals surface area contributed by atoms with Crippen LogP contribution in [0.2, 0.25) is 0 Å². The van der Waals surface area contributed by atoms with Crippen LogP contribution in [0.15, 0.2) is 30.3 Å². The van der Waals surface area contributed by atoms with Gasteiger partial charge in [-0.2, -0.15) is 0 Å². The maximum Gasteiger partial charge on any atom is 0.662 e. The number of carbonyl (C=O) groups is 2. The highest BCUT2D eigenvalue weighted by atomic mass is 16.6. The van der Waals surface area contributed by atoms with Crippen LogP contribution in [0.3, 0.4) is 0 Å². The molecule has 0 spiro atoms. The van der Waals surface area contributed by atoms with Gasteiger partial charge in [-0.05, 0) is 12.6 Å². The van der Waals surface area contributed by atoms with Crippen LogP contribution in [0, 0.1) is 0 Å². The second-order valence-corrected chi connectivity index (χ2v) is 4.48. The van der Waals surface area contributed by atoms with Crippen molar-refractivity contribution >= 4 is 19.6 Å². The summed E-state index contributed by atoms with van der Waals surface area (Å²) in [5.41, 5.74) is 1.30. The first-order valence-electron chi connectivity index (χ1n) is 6.21. The molecule has 3 rings (SSSR count). The van der Waals surface area contributed by atoms with Gasteiger partial charge in [-0.1, -0.05) is 30.3 Å². The summed E-state index contributed by atoms with van der Waals surface area (Å²) in [5.74, 6) is -0.861. The van der Waals surface area contributed by atoms with Crippen LogP contribution >= 0.6 is 0 Å². The van der Waals surface area contributed by atoms with E-state index < -0.39 is 11.9 Å². The molecule has 20 heavy (non-hydrogen) atoms. The van der Waals surface area contributed by atoms with Crippen molar-refractivity contribution in [2.75, 3.05) is 26.7 Å². The average Bonchev–Trinajstić information content (AvgIpc) is 3.23. The summed E-state index contributed by atoms with van der Waals surface area (Å²) in [6.07, 6.45) is 0.409. The van der Waals surface area contributed by atoms with Crippen LogP contribution < -0.4 is 0 Å². The van der Waals surface area contributed by atoms with Gasteiger partial charge >= 0.3 is 19.6 Å². The normalized spacial score (nSPS) is 22.1. The summed E-state index contributed by atoms with van der Waals surface area (Å²) < 4.78 is 13.8. The Bertz CT molecular complexity index is 445. The molecule has 2 aliphatic heterocycles. The largest absolute Gasteiger partial charge is 0.662 e. The van der Waals surface area contributed by atoms with E-state index >= 15 is 0 Å². The van der Waals surface area contributed by atoms with Gasteiger partial charge in [-0.15, -0.1) is 0 Å². The molecule has 2 fully saturated rings. The maximum absolute atomic E-state index is 10.7. The van der Waals surface area contributed by atoms with Gasteiger partial charge in [0.2, 0.25) is 0 Å². The van der Waals surface area contributed by atoms with Crippen molar-refractivity contribution in [3.05, 3.63) is 35.9 Å². The van der Waals surface area contributed by atoms with Gasteiger partial charge in [0.05, 0.1) is 19.7 Å². The van der Waals surface area contributed by atoms with Crippen LogP contribution in [0.25, 0.3) is 0 Å². The SMILES string of the molecule is CN1CC(=O)O[B]OC(=O)C1.c1ccc([C@H]2CO2)cc1. The third kappa shape index (κ3) is 5.03. The number of hydrogen-bond acceptors (Lipinski definition) is 6. The van der Waals surface area contributed by atoms with Crippen molar-refractivity contribution in [2.24, 2.45) is 0 Å². The summed E-state index contributed by atoms with van der Waals surface area (Å²) >= 11 is 0. The standard InChI is InChI=1S/C8H8O.C5H7BNO4/c1-2-4-7(5-3-1)8-6-9-8;1-7-2-4(8)10-6-11-5(9)3-7/h1-5,8H,6H2;2-3H2,1H3/t8-;/m1./s1. The predicted molar refractivity (Wildman–Crippen MR) is 70.6 cm³/mol. The molecule has 2 saturated heterocycles. The fraction of sp³-hybridized carbons (Fsp3) is 0.385. The van der Waals surface area contributed by atoms with E-state index in [1.54, 1.807) is 7.05 Å². The molecule has 2 aliphatic rings. The molecule has 105 valence electrons. The van der Waals surface area contributed by atoms with Crippen molar-refractivity contribution in [1.29, 1.82) is 0 Å². The van der Waals surface area contributed by atoms with Crippen molar-refractivity contribution < 1.29 is 23.6 Å². The molecule has 7 heteroatoms. The van der Waals surface area contributed by atoms with E-state index in [9.17, 15) is 9.59 Å². The zero-order valence-corrected chi connectivity index (χ0v) is 11.2. The predicted octanol–water partition coefficient (Wildman–Crippen LogP) is 0.310. The number of hydrogen-bond donors (Lipinski definition) is 0. The van der Waals surface area contributed by atoms with E-state index in [0.717, 1.165) is 14.3 Å². The summed E-state index contributed by atoms with van der Waals surface area (Å²) in [5, 5.41) is 0. The number of carbonyl (C=O) groups excluding carboxylic acids is 2. The van der Waals surface area contributed by atoms with E-state index in [2.05, 4.69) is 21.4 Å². The number of epoxide rings is 1. The zero-order chi connectivity index (χ0) is 14.4. The minimum atomic E-state index is -0.431. The van der Waals surface area contributed by atoms with Crippen molar-refractivity contribution in [1.82, 2.24) is 4.90 Å². The quantitative estimate of drug-likeness (QED) is 0.543. The van der Waals surface area contributed by atoms with Crippen LogP contribution in [0.5, 0.6) is 0 Å². The van der Waals surface area contributed by atoms with Gasteiger partial charge < -0.3 is 14.0 Å². The Labute approximate surface area is 117 Å². The fourth-order valence-corrected chi connectivity index (χ4v) is 1.61. The lowest BCUT2D eigenvalue weighted by molar-refractivity contribution is -0.144. The zero-order valence-electron chi connectivity index (χ0n) is 11.2. The second kappa shape index (κ2) is 7.07. The van der Waals surface area contributed by atoms with Crippen LogP contribution in [-0.4, -0.2) is 51.3 Å². The monoisotopic (exact) mass is 276 g/mol. The van der Waals surface area contributed by atoms with Gasteiger partial charge in [0.1, 0.15) is 6.10 Å². The van der Waals surface area contributed by atoms with Crippen LogP contribution in [0.1, 0.15) is 11.7 Å². The Morgan fingerprint density at radius 2 is 1.65 bits per heavy atom. The average molecular weight is 276 g/mol. The lowest BCUT2D eigenvalue weighted by Crippen LogP contribution is -2.37. The number of nitrogens with zero attached hydrogens (tertiary/aromatic N) is 1. The number of ether oxygens (including phenoxy) is 1. The molecule has 0 N–H and O–H groups in total. The number of benzene rings is 1.